The van der Waals surface area contributed by atoms with Crippen LogP contribution in [0.3, 0.4) is 0 Å². The predicted molar refractivity (Wildman–Crippen MR) is 123 cm³/mol. The zero-order valence-electron chi connectivity index (χ0n) is 20.1. The maximum atomic E-state index is 10.2. The van der Waals surface area contributed by atoms with Crippen LogP contribution in [0.15, 0.2) is 11.6 Å². The van der Waals surface area contributed by atoms with E-state index in [0.717, 1.165) is 43.4 Å². The molecule has 0 aromatic rings. The van der Waals surface area contributed by atoms with Gasteiger partial charge < -0.3 is 10.2 Å². The van der Waals surface area contributed by atoms with E-state index in [9.17, 15) is 10.2 Å². The first-order valence-electron chi connectivity index (χ1n) is 12.7. The van der Waals surface area contributed by atoms with Crippen LogP contribution in [0.5, 0.6) is 0 Å². The van der Waals surface area contributed by atoms with Crippen molar-refractivity contribution in [2.75, 3.05) is 0 Å². The maximum Gasteiger partial charge on any atom is 0.0591 e. The van der Waals surface area contributed by atoms with E-state index in [-0.39, 0.29) is 6.10 Å². The van der Waals surface area contributed by atoms with Crippen molar-refractivity contribution in [1.29, 1.82) is 0 Å². The van der Waals surface area contributed by atoms with Gasteiger partial charge in [-0.25, -0.2) is 0 Å². The molecule has 0 aromatic carbocycles. The lowest BCUT2D eigenvalue weighted by Gasteiger charge is -2.56. The number of hydrogen-bond donors (Lipinski definition) is 2. The van der Waals surface area contributed by atoms with Crippen LogP contribution in [-0.4, -0.2) is 21.9 Å². The van der Waals surface area contributed by atoms with Crippen molar-refractivity contribution in [2.24, 2.45) is 34.5 Å². The lowest BCUT2D eigenvalue weighted by molar-refractivity contribution is -0.0130. The molecular weight excluding hydrogens is 356 g/mol. The lowest BCUT2D eigenvalue weighted by atomic mass is 9.48. The van der Waals surface area contributed by atoms with Crippen LogP contribution in [0.25, 0.3) is 0 Å². The van der Waals surface area contributed by atoms with Gasteiger partial charge in [0.25, 0.3) is 0 Å². The van der Waals surface area contributed by atoms with E-state index in [1.54, 1.807) is 5.57 Å². The van der Waals surface area contributed by atoms with Gasteiger partial charge in [0.05, 0.1) is 11.7 Å². The lowest BCUT2D eigenvalue weighted by Crippen LogP contribution is -2.48. The minimum Gasteiger partial charge on any atom is -0.393 e. The molecule has 0 bridgehead atoms. The molecule has 2 N–H and O–H groups in total. The third-order valence-electron chi connectivity index (χ3n) is 9.53. The van der Waals surface area contributed by atoms with Gasteiger partial charge in [-0.05, 0) is 113 Å². The van der Waals surface area contributed by atoms with Gasteiger partial charge >= 0.3 is 0 Å². The second kappa shape index (κ2) is 8.65. The molecule has 29 heavy (non-hydrogen) atoms. The molecule has 4 aliphatic rings. The Bertz CT molecular complexity index is 588. The number of allylic oxidation sites excluding steroid dienone is 2. The molecule has 3 saturated carbocycles. The number of rotatable bonds is 4. The van der Waals surface area contributed by atoms with Crippen LogP contribution >= 0.6 is 0 Å². The van der Waals surface area contributed by atoms with E-state index in [1.165, 1.54) is 44.9 Å². The van der Waals surface area contributed by atoms with Gasteiger partial charge in [-0.3, -0.25) is 0 Å². The number of fused-ring (bicyclic) bond motifs is 5. The fourth-order valence-electron chi connectivity index (χ4n) is 7.86. The molecule has 7 unspecified atom stereocenters. The van der Waals surface area contributed by atoms with Crippen LogP contribution in [0, 0.1) is 34.5 Å². The summed E-state index contributed by atoms with van der Waals surface area (Å²) in [6.07, 6.45) is 16.0. The molecule has 0 amide bonds. The van der Waals surface area contributed by atoms with Gasteiger partial charge in [-0.15, -0.1) is 0 Å². The molecule has 0 radical (unpaired) electrons. The Morgan fingerprint density at radius 2 is 1.79 bits per heavy atom. The van der Waals surface area contributed by atoms with Gasteiger partial charge in [0.1, 0.15) is 0 Å². The molecule has 2 heteroatoms. The molecule has 4 aliphatic carbocycles. The first kappa shape index (κ1) is 23.3. The zero-order valence-corrected chi connectivity index (χ0v) is 20.1. The summed E-state index contributed by atoms with van der Waals surface area (Å²) in [4.78, 5) is 0. The van der Waals surface area contributed by atoms with Gasteiger partial charge in [0.2, 0.25) is 0 Å². The third kappa shape index (κ3) is 4.36. The van der Waals surface area contributed by atoms with Crippen molar-refractivity contribution in [3.63, 3.8) is 0 Å². The summed E-state index contributed by atoms with van der Waals surface area (Å²) in [5, 5.41) is 20.3. The van der Waals surface area contributed by atoms with Crippen LogP contribution in [0.4, 0.5) is 0 Å². The first-order valence-corrected chi connectivity index (χ1v) is 12.7. The monoisotopic (exact) mass is 404 g/mol. The van der Waals surface area contributed by atoms with E-state index in [4.69, 9.17) is 0 Å². The van der Waals surface area contributed by atoms with Crippen LogP contribution < -0.4 is 0 Å². The standard InChI is InChI=1S/C25H42O2.C2H6/c1-23(2,27)13-5-6-17-8-10-21-20-9-7-18-16-19(26)11-14-25(18,4)22(20)12-15-24(17,21)3;1-2/h12,17-21,26-27H,5-11,13-16H2,1-4H3;1-2H3. The van der Waals surface area contributed by atoms with Gasteiger partial charge in [-0.1, -0.05) is 45.8 Å². The van der Waals surface area contributed by atoms with Crippen molar-refractivity contribution in [2.45, 2.75) is 124 Å². The summed E-state index contributed by atoms with van der Waals surface area (Å²) >= 11 is 0. The topological polar surface area (TPSA) is 40.5 Å². The molecule has 2 nitrogen and oxygen atoms in total. The highest BCUT2D eigenvalue weighted by Crippen LogP contribution is 2.65. The third-order valence-corrected chi connectivity index (χ3v) is 9.53. The van der Waals surface area contributed by atoms with Crippen molar-refractivity contribution in [3.8, 4) is 0 Å². The summed E-state index contributed by atoms with van der Waals surface area (Å²) in [6.45, 7) is 13.0. The molecule has 7 atom stereocenters. The van der Waals surface area contributed by atoms with Gasteiger partial charge in [0, 0.05) is 0 Å². The van der Waals surface area contributed by atoms with Gasteiger partial charge in [0.15, 0.2) is 0 Å². The second-order valence-electron chi connectivity index (χ2n) is 11.7. The van der Waals surface area contributed by atoms with Gasteiger partial charge in [-0.2, -0.15) is 0 Å². The minimum atomic E-state index is -0.517. The number of aliphatic hydroxyl groups is 2. The number of aliphatic hydroxyl groups excluding tert-OH is 1. The molecule has 3 fully saturated rings. The summed E-state index contributed by atoms with van der Waals surface area (Å²) < 4.78 is 0. The van der Waals surface area contributed by atoms with E-state index in [0.29, 0.717) is 16.7 Å². The Balaban J connectivity index is 0.00000117. The molecule has 4 rings (SSSR count). The van der Waals surface area contributed by atoms with Crippen LogP contribution in [-0.2, 0) is 0 Å². The summed E-state index contributed by atoms with van der Waals surface area (Å²) in [6, 6.07) is 0. The zero-order chi connectivity index (χ0) is 21.4. The van der Waals surface area contributed by atoms with E-state index in [1.807, 2.05) is 27.7 Å². The highest BCUT2D eigenvalue weighted by atomic mass is 16.3. The Morgan fingerprint density at radius 3 is 2.48 bits per heavy atom. The largest absolute Gasteiger partial charge is 0.393 e. The van der Waals surface area contributed by atoms with Crippen LogP contribution in [0.1, 0.15) is 112 Å². The molecule has 0 spiro atoms. The molecule has 0 saturated heterocycles. The Labute approximate surface area is 180 Å². The van der Waals surface area contributed by atoms with Crippen molar-refractivity contribution >= 4 is 0 Å². The SMILES string of the molecule is CC.CC(C)(O)CCCC1CCC2C3CCC4CC(O)CCC4(C)C3=CCC12C. The second-order valence-corrected chi connectivity index (χ2v) is 11.7. The fraction of sp³-hybridized carbons (Fsp3) is 0.926. The normalized spacial score (nSPS) is 44.0. The minimum absolute atomic E-state index is 0.0549. The average molecular weight is 405 g/mol. The Kier molecular flexibility index (Phi) is 6.96. The summed E-state index contributed by atoms with van der Waals surface area (Å²) in [5.41, 5.74) is 2.12. The molecule has 0 aliphatic heterocycles. The smallest absolute Gasteiger partial charge is 0.0591 e. The van der Waals surface area contributed by atoms with Crippen molar-refractivity contribution < 1.29 is 10.2 Å². The maximum absolute atomic E-state index is 10.2. The molecule has 0 heterocycles. The van der Waals surface area contributed by atoms with E-state index >= 15 is 0 Å². The Hall–Kier alpha value is -0.340. The first-order chi connectivity index (χ1) is 13.6. The van der Waals surface area contributed by atoms with E-state index < -0.39 is 5.60 Å². The van der Waals surface area contributed by atoms with E-state index in [2.05, 4.69) is 19.9 Å². The molecular formula is C27H48O2. The average Bonchev–Trinajstić information content (AvgIpc) is 3.00. The summed E-state index contributed by atoms with van der Waals surface area (Å²) in [7, 11) is 0. The highest BCUT2D eigenvalue weighted by molar-refractivity contribution is 5.28. The predicted octanol–water partition coefficient (Wildman–Crippen LogP) is 6.89. The van der Waals surface area contributed by atoms with Crippen molar-refractivity contribution in [3.05, 3.63) is 11.6 Å². The fourth-order valence-corrected chi connectivity index (χ4v) is 7.86. The highest BCUT2D eigenvalue weighted by Gasteiger charge is 2.56. The summed E-state index contributed by atoms with van der Waals surface area (Å²) in [5.74, 6) is 3.22. The van der Waals surface area contributed by atoms with Crippen LogP contribution in [0.2, 0.25) is 0 Å². The Morgan fingerprint density at radius 1 is 1.07 bits per heavy atom. The molecule has 0 aromatic heterocycles. The quantitative estimate of drug-likeness (QED) is 0.501. The molecule has 168 valence electrons. The number of hydrogen-bond acceptors (Lipinski definition) is 2. The van der Waals surface area contributed by atoms with Crippen molar-refractivity contribution in [1.82, 2.24) is 0 Å².